The van der Waals surface area contributed by atoms with Gasteiger partial charge in [-0.1, -0.05) is 6.07 Å². The second-order valence-electron chi connectivity index (χ2n) is 12.3. The van der Waals surface area contributed by atoms with Crippen LogP contribution in [0.25, 0.3) is 27.4 Å². The molecule has 0 unspecified atom stereocenters. The average molecular weight is 723 g/mol. The van der Waals surface area contributed by atoms with Gasteiger partial charge in [-0.2, -0.15) is 0 Å². The molecule has 13 nitrogen and oxygen atoms in total. The first-order valence-electron chi connectivity index (χ1n) is 15.6. The van der Waals surface area contributed by atoms with Crippen molar-refractivity contribution in [1.29, 1.82) is 0 Å². The van der Waals surface area contributed by atoms with E-state index in [0.29, 0.717) is 0 Å². The lowest BCUT2D eigenvalue weighted by Gasteiger charge is -2.25. The molecular weight excluding hydrogens is 692 g/mol. The van der Waals surface area contributed by atoms with Gasteiger partial charge < -0.3 is 16.4 Å². The first-order valence-corrected chi connectivity index (χ1v) is 15.6. The number of anilines is 2. The third-order valence-corrected chi connectivity index (χ3v) is 7.55. The third-order valence-electron chi connectivity index (χ3n) is 7.55. The molecule has 1 amide bonds. The number of hydrogen-bond donors (Lipinski definition) is 3. The van der Waals surface area contributed by atoms with Crippen LogP contribution in [0.1, 0.15) is 49.4 Å². The number of carbonyl (C=O) groups is 1. The molecule has 4 heterocycles. The summed E-state index contributed by atoms with van der Waals surface area (Å²) in [7, 11) is 0. The zero-order valence-corrected chi connectivity index (χ0v) is 28.6. The molecule has 0 atom stereocenters. The van der Waals surface area contributed by atoms with Crippen molar-refractivity contribution in [3.63, 3.8) is 0 Å². The van der Waals surface area contributed by atoms with E-state index in [2.05, 4.69) is 55.8 Å². The predicted molar refractivity (Wildman–Crippen MR) is 187 cm³/mol. The summed E-state index contributed by atoms with van der Waals surface area (Å²) in [6.07, 6.45) is 5.62. The normalized spacial score (nSPS) is 11.2. The lowest BCUT2D eigenvalue weighted by atomic mass is 9.99. The lowest BCUT2D eigenvalue weighted by Crippen LogP contribution is -2.31. The van der Waals surface area contributed by atoms with E-state index in [9.17, 15) is 22.4 Å². The molecule has 268 valence electrons. The van der Waals surface area contributed by atoms with Crippen LogP contribution in [0.3, 0.4) is 0 Å². The molecule has 2 aromatic carbocycles. The number of benzene rings is 2. The monoisotopic (exact) mass is 722 g/mol. The molecule has 4 N–H and O–H groups in total. The van der Waals surface area contributed by atoms with Crippen molar-refractivity contribution < 1.29 is 22.4 Å². The molecule has 0 spiro atoms. The number of hydrogen-bond acceptors (Lipinski definition) is 11. The molecule has 0 saturated carbocycles. The minimum atomic E-state index is -0.911. The van der Waals surface area contributed by atoms with Crippen molar-refractivity contribution in [2.45, 2.75) is 38.8 Å². The van der Waals surface area contributed by atoms with Crippen LogP contribution in [-0.4, -0.2) is 46.2 Å². The number of nitrogens with one attached hydrogen (secondary N) is 2. The van der Waals surface area contributed by atoms with Crippen molar-refractivity contribution in [3.8, 4) is 22.5 Å². The Labute approximate surface area is 300 Å². The molecule has 4 aromatic heterocycles. The summed E-state index contributed by atoms with van der Waals surface area (Å²) in [5, 5.41) is 21.6. The van der Waals surface area contributed by atoms with Crippen LogP contribution in [-0.2, 0) is 11.1 Å². The summed E-state index contributed by atoms with van der Waals surface area (Å²) in [5.74, 6) is -2.46. The van der Waals surface area contributed by atoms with E-state index in [1.54, 1.807) is 27.7 Å². The van der Waals surface area contributed by atoms with Crippen LogP contribution in [0.2, 0.25) is 0 Å². The van der Waals surface area contributed by atoms with Crippen molar-refractivity contribution in [2.75, 3.05) is 10.6 Å². The predicted octanol–water partition coefficient (Wildman–Crippen LogP) is 6.77. The Bertz CT molecular complexity index is 2300. The maximum atomic E-state index is 14.0. The minimum absolute atomic E-state index is 0.0490. The number of pyridine rings is 2. The number of halogens is 4. The van der Waals surface area contributed by atoms with Crippen LogP contribution >= 0.6 is 0 Å². The van der Waals surface area contributed by atoms with Gasteiger partial charge >= 0.3 is 0 Å². The van der Waals surface area contributed by atoms with Crippen LogP contribution in [0.5, 0.6) is 0 Å². The van der Waals surface area contributed by atoms with Crippen molar-refractivity contribution in [2.24, 2.45) is 5.73 Å². The van der Waals surface area contributed by atoms with Crippen LogP contribution in [0, 0.1) is 29.8 Å². The summed E-state index contributed by atoms with van der Waals surface area (Å²) in [6.45, 7) is 13.9. The molecule has 0 aliphatic rings. The van der Waals surface area contributed by atoms with E-state index in [-0.39, 0.29) is 57.1 Å². The molecule has 0 aliphatic heterocycles. The highest BCUT2D eigenvalue weighted by atomic mass is 19.1. The van der Waals surface area contributed by atoms with Gasteiger partial charge in [0.05, 0.1) is 30.0 Å². The number of nitrogens with zero attached hydrogens (tertiary/aromatic N) is 9. The zero-order chi connectivity index (χ0) is 38.3. The molecule has 53 heavy (non-hydrogen) atoms. The molecular formula is C36H30F4N12O. The minimum Gasteiger partial charge on any atom is -0.366 e. The Morgan fingerprint density at radius 1 is 0.660 bits per heavy atom. The standard InChI is InChI=1S/C18H16F2N6O.C18H14F2N6/c1-18(2,15-13(20)4-3-7-22-15)24-17-23-9-14(25-26-17)11-8-10(16(21)27)5-6-12(11)19;1-18(2,16-14(20)5-4-8-22-16)24-17-23-10-15(25-26-17)12-9-11(21-3)6-7-13(12)19/h3-9H,1-2H3,(H2,21,27)(H,23,24,26);4-10H,1-2H3,(H,23,24,26). The van der Waals surface area contributed by atoms with Crippen LogP contribution < -0.4 is 16.4 Å². The summed E-state index contributed by atoms with van der Waals surface area (Å²) in [5.41, 5.74) is 4.76. The van der Waals surface area contributed by atoms with Gasteiger partial charge in [0.25, 0.3) is 0 Å². The van der Waals surface area contributed by atoms with Gasteiger partial charge in [-0.25, -0.2) is 32.4 Å². The average Bonchev–Trinajstić information content (AvgIpc) is 3.13. The SMILES string of the molecule is CC(C)(Nc1ncc(-c2cc(C(N)=O)ccc2F)nn1)c1ncccc1F.[C-]#[N+]c1ccc(F)c(-c2cnc(NC(C)(C)c3ncccc3F)nn2)c1. The summed E-state index contributed by atoms with van der Waals surface area (Å²) >= 11 is 0. The Hall–Kier alpha value is -6.96. The number of amides is 1. The van der Waals surface area contributed by atoms with Gasteiger partial charge in [-0.15, -0.1) is 20.4 Å². The topological polar surface area (TPSA) is 175 Å². The fraction of sp³-hybridized carbons (Fsp3) is 0.167. The van der Waals surface area contributed by atoms with Gasteiger partial charge in [0.1, 0.15) is 46.0 Å². The van der Waals surface area contributed by atoms with Crippen molar-refractivity contribution in [1.82, 2.24) is 40.3 Å². The summed E-state index contributed by atoms with van der Waals surface area (Å²) in [4.78, 5) is 30.8. The van der Waals surface area contributed by atoms with Crippen molar-refractivity contribution >= 4 is 23.5 Å². The van der Waals surface area contributed by atoms with E-state index >= 15 is 0 Å². The van der Waals surface area contributed by atoms with Crippen LogP contribution in [0.4, 0.5) is 35.1 Å². The molecule has 0 bridgehead atoms. The Balaban J connectivity index is 0.000000204. The maximum absolute atomic E-state index is 14.0. The molecule has 6 rings (SSSR count). The van der Waals surface area contributed by atoms with E-state index in [0.717, 1.165) is 6.07 Å². The van der Waals surface area contributed by atoms with Crippen molar-refractivity contribution in [3.05, 3.63) is 137 Å². The van der Waals surface area contributed by atoms with Gasteiger partial charge in [-0.3, -0.25) is 14.8 Å². The second-order valence-corrected chi connectivity index (χ2v) is 12.3. The molecule has 0 aliphatic carbocycles. The zero-order valence-electron chi connectivity index (χ0n) is 28.6. The Kier molecular flexibility index (Phi) is 10.9. The van der Waals surface area contributed by atoms with Gasteiger partial charge in [0, 0.05) is 29.1 Å². The molecule has 0 fully saturated rings. The number of aromatic nitrogens is 8. The number of primary amides is 1. The number of nitrogens with two attached hydrogens (primary N) is 1. The van der Waals surface area contributed by atoms with Gasteiger partial charge in [0.2, 0.25) is 17.8 Å². The van der Waals surface area contributed by atoms with Gasteiger partial charge in [-0.05, 0) is 82.3 Å². The highest BCUT2D eigenvalue weighted by Gasteiger charge is 2.28. The molecule has 0 saturated heterocycles. The van der Waals surface area contributed by atoms with E-state index in [1.165, 1.54) is 79.4 Å². The fourth-order valence-corrected chi connectivity index (χ4v) is 4.93. The van der Waals surface area contributed by atoms with Gasteiger partial charge in [0.15, 0.2) is 5.69 Å². The molecule has 0 radical (unpaired) electrons. The Morgan fingerprint density at radius 2 is 1.13 bits per heavy atom. The number of rotatable bonds is 9. The smallest absolute Gasteiger partial charge is 0.248 e. The quantitative estimate of drug-likeness (QED) is 0.106. The van der Waals surface area contributed by atoms with Crippen LogP contribution in [0.15, 0.2) is 85.5 Å². The third kappa shape index (κ3) is 8.86. The fourth-order valence-electron chi connectivity index (χ4n) is 4.93. The van der Waals surface area contributed by atoms with E-state index in [1.807, 2.05) is 0 Å². The lowest BCUT2D eigenvalue weighted by molar-refractivity contribution is 0.1000. The first kappa shape index (κ1) is 37.3. The maximum Gasteiger partial charge on any atom is 0.248 e. The van der Waals surface area contributed by atoms with E-state index < -0.39 is 40.3 Å². The first-order chi connectivity index (χ1) is 25.2. The largest absolute Gasteiger partial charge is 0.366 e. The Morgan fingerprint density at radius 3 is 1.55 bits per heavy atom. The summed E-state index contributed by atoms with van der Waals surface area (Å²) in [6, 6.07) is 13.3. The second kappa shape index (κ2) is 15.5. The highest BCUT2D eigenvalue weighted by molar-refractivity contribution is 5.94. The van der Waals surface area contributed by atoms with E-state index in [4.69, 9.17) is 12.3 Å². The molecule has 17 heteroatoms. The summed E-state index contributed by atoms with van der Waals surface area (Å²) < 4.78 is 56.0. The molecule has 6 aromatic rings. The highest BCUT2D eigenvalue weighted by Crippen LogP contribution is 2.28. The number of carbonyl (C=O) groups excluding carboxylic acids is 1.